The number of hydrogen-bond acceptors (Lipinski definition) is 5. The Balaban J connectivity index is 2.44. The maximum atomic E-state index is 12.6. The highest BCUT2D eigenvalue weighted by Gasteiger charge is 2.24. The summed E-state index contributed by atoms with van der Waals surface area (Å²) in [7, 11) is -0.865. The first-order chi connectivity index (χ1) is 12.1. The van der Waals surface area contributed by atoms with Gasteiger partial charge in [0.05, 0.1) is 16.6 Å². The fourth-order valence-electron chi connectivity index (χ4n) is 2.37. The van der Waals surface area contributed by atoms with Crippen LogP contribution >= 0.6 is 15.9 Å². The first-order valence-corrected chi connectivity index (χ1v) is 10.1. The summed E-state index contributed by atoms with van der Waals surface area (Å²) in [5.74, 6) is 0.897. The van der Waals surface area contributed by atoms with E-state index >= 15 is 0 Å². The van der Waals surface area contributed by atoms with Gasteiger partial charge >= 0.3 is 0 Å². The predicted octanol–water partition coefficient (Wildman–Crippen LogP) is 3.56. The third-order valence-electron chi connectivity index (χ3n) is 3.67. The van der Waals surface area contributed by atoms with Crippen molar-refractivity contribution in [2.45, 2.75) is 25.7 Å². The summed E-state index contributed by atoms with van der Waals surface area (Å²) in [5, 5.41) is 2.71. The SMILES string of the molecule is CCOc1ccc(NC(=O)c2c(C)oc(C)c2Br)cc1S(=O)(=O)N(C)C. The van der Waals surface area contributed by atoms with Gasteiger partial charge in [0.15, 0.2) is 0 Å². The number of amides is 1. The van der Waals surface area contributed by atoms with E-state index in [1.807, 2.05) is 0 Å². The molecule has 1 aromatic heterocycles. The van der Waals surface area contributed by atoms with Gasteiger partial charge in [0, 0.05) is 19.8 Å². The van der Waals surface area contributed by atoms with Gasteiger partial charge in [0.2, 0.25) is 10.0 Å². The number of furan rings is 1. The van der Waals surface area contributed by atoms with Gasteiger partial charge < -0.3 is 14.5 Å². The quantitative estimate of drug-likeness (QED) is 0.735. The number of halogens is 1. The molecule has 1 heterocycles. The molecule has 0 spiro atoms. The standard InChI is InChI=1S/C17H21BrN2O5S/c1-6-24-13-8-7-12(9-14(13)26(22,23)20(4)5)19-17(21)15-10(2)25-11(3)16(15)18/h7-9H,6H2,1-5H3,(H,19,21). The van der Waals surface area contributed by atoms with Crippen molar-refractivity contribution in [1.82, 2.24) is 4.31 Å². The van der Waals surface area contributed by atoms with Crippen molar-refractivity contribution in [3.8, 4) is 5.75 Å². The van der Waals surface area contributed by atoms with Crippen LogP contribution in [0.1, 0.15) is 28.8 Å². The number of nitrogens with one attached hydrogen (secondary N) is 1. The zero-order valence-electron chi connectivity index (χ0n) is 15.2. The third-order valence-corrected chi connectivity index (χ3v) is 6.47. The summed E-state index contributed by atoms with van der Waals surface area (Å²) in [4.78, 5) is 12.6. The van der Waals surface area contributed by atoms with E-state index in [4.69, 9.17) is 9.15 Å². The summed E-state index contributed by atoms with van der Waals surface area (Å²) in [6.07, 6.45) is 0. The number of sulfonamides is 1. The highest BCUT2D eigenvalue weighted by atomic mass is 79.9. The molecule has 9 heteroatoms. The number of aryl methyl sites for hydroxylation is 2. The van der Waals surface area contributed by atoms with Crippen molar-refractivity contribution in [2.75, 3.05) is 26.0 Å². The highest BCUT2D eigenvalue weighted by molar-refractivity contribution is 9.10. The lowest BCUT2D eigenvalue weighted by Crippen LogP contribution is -2.23. The zero-order chi connectivity index (χ0) is 19.6. The molecule has 142 valence electrons. The second kappa shape index (κ2) is 7.81. The van der Waals surface area contributed by atoms with Crippen molar-refractivity contribution in [3.05, 3.63) is 39.8 Å². The normalized spacial score (nSPS) is 11.7. The molecule has 0 fully saturated rings. The van der Waals surface area contributed by atoms with E-state index in [2.05, 4.69) is 21.2 Å². The molecule has 0 bridgehead atoms. The van der Waals surface area contributed by atoms with Crippen LogP contribution in [0.4, 0.5) is 5.69 Å². The summed E-state index contributed by atoms with van der Waals surface area (Å²) < 4.78 is 37.6. The van der Waals surface area contributed by atoms with Crippen LogP contribution in [0.15, 0.2) is 32.0 Å². The summed E-state index contributed by atoms with van der Waals surface area (Å²) in [6.45, 7) is 5.52. The molecule has 26 heavy (non-hydrogen) atoms. The molecule has 0 aliphatic carbocycles. The van der Waals surface area contributed by atoms with Crippen LogP contribution in [0.5, 0.6) is 5.75 Å². The van der Waals surface area contributed by atoms with E-state index in [1.54, 1.807) is 26.8 Å². The average molecular weight is 445 g/mol. The molecular formula is C17H21BrN2O5S. The average Bonchev–Trinajstić information content (AvgIpc) is 2.81. The lowest BCUT2D eigenvalue weighted by molar-refractivity contribution is 0.102. The smallest absolute Gasteiger partial charge is 0.260 e. The maximum Gasteiger partial charge on any atom is 0.260 e. The maximum absolute atomic E-state index is 12.6. The number of nitrogens with zero attached hydrogens (tertiary/aromatic N) is 1. The van der Waals surface area contributed by atoms with Crippen molar-refractivity contribution in [3.63, 3.8) is 0 Å². The van der Waals surface area contributed by atoms with E-state index in [1.165, 1.54) is 26.2 Å². The zero-order valence-corrected chi connectivity index (χ0v) is 17.6. The van der Waals surface area contributed by atoms with E-state index in [-0.39, 0.29) is 10.6 Å². The fraction of sp³-hybridized carbons (Fsp3) is 0.353. The number of carbonyl (C=O) groups is 1. The molecule has 0 radical (unpaired) electrons. The Morgan fingerprint density at radius 1 is 1.27 bits per heavy atom. The van der Waals surface area contributed by atoms with Crippen LogP contribution in [0.3, 0.4) is 0 Å². The van der Waals surface area contributed by atoms with Gasteiger partial charge in [-0.15, -0.1) is 0 Å². The Hall–Kier alpha value is -1.84. The van der Waals surface area contributed by atoms with Gasteiger partial charge in [0.25, 0.3) is 5.91 Å². The van der Waals surface area contributed by atoms with Gasteiger partial charge in [-0.25, -0.2) is 12.7 Å². The molecule has 0 aliphatic rings. The minimum absolute atomic E-state index is 0.0127. The second-order valence-corrected chi connectivity index (χ2v) is 8.65. The molecule has 2 rings (SSSR count). The Morgan fingerprint density at radius 3 is 2.42 bits per heavy atom. The Bertz CT molecular complexity index is 935. The molecular weight excluding hydrogens is 424 g/mol. The Kier molecular flexibility index (Phi) is 6.15. The van der Waals surface area contributed by atoms with Crippen molar-refractivity contribution in [1.29, 1.82) is 0 Å². The fourth-order valence-corrected chi connectivity index (χ4v) is 3.96. The monoisotopic (exact) mass is 444 g/mol. The molecule has 0 atom stereocenters. The van der Waals surface area contributed by atoms with Crippen LogP contribution in [0, 0.1) is 13.8 Å². The Labute approximate surface area is 161 Å². The van der Waals surface area contributed by atoms with Gasteiger partial charge in [-0.2, -0.15) is 0 Å². The van der Waals surface area contributed by atoms with Gasteiger partial charge in [0.1, 0.15) is 22.2 Å². The highest BCUT2D eigenvalue weighted by Crippen LogP contribution is 2.31. The topological polar surface area (TPSA) is 88.8 Å². The summed E-state index contributed by atoms with van der Waals surface area (Å²) in [5.41, 5.74) is 0.706. The van der Waals surface area contributed by atoms with E-state index in [9.17, 15) is 13.2 Å². The molecule has 0 unspecified atom stereocenters. The number of ether oxygens (including phenoxy) is 1. The minimum Gasteiger partial charge on any atom is -0.492 e. The molecule has 0 saturated heterocycles. The number of benzene rings is 1. The minimum atomic E-state index is -3.74. The van der Waals surface area contributed by atoms with Crippen molar-refractivity contribution in [2.24, 2.45) is 0 Å². The van der Waals surface area contributed by atoms with E-state index in [0.29, 0.717) is 33.9 Å². The van der Waals surface area contributed by atoms with E-state index < -0.39 is 15.9 Å². The Morgan fingerprint density at radius 2 is 1.92 bits per heavy atom. The van der Waals surface area contributed by atoms with Crippen LogP contribution in [-0.2, 0) is 10.0 Å². The number of hydrogen-bond donors (Lipinski definition) is 1. The molecule has 0 aliphatic heterocycles. The lowest BCUT2D eigenvalue weighted by atomic mass is 10.2. The number of rotatable bonds is 6. The molecule has 2 aromatic rings. The number of carbonyl (C=O) groups excluding carboxylic acids is 1. The lowest BCUT2D eigenvalue weighted by Gasteiger charge is -2.16. The molecule has 7 nitrogen and oxygen atoms in total. The molecule has 1 N–H and O–H groups in total. The van der Waals surface area contributed by atoms with Gasteiger partial charge in [-0.1, -0.05) is 0 Å². The largest absolute Gasteiger partial charge is 0.492 e. The second-order valence-electron chi connectivity index (χ2n) is 5.74. The summed E-state index contributed by atoms with van der Waals surface area (Å²) >= 11 is 3.34. The van der Waals surface area contributed by atoms with Crippen LogP contribution in [0.25, 0.3) is 0 Å². The van der Waals surface area contributed by atoms with Crippen molar-refractivity contribution >= 4 is 37.5 Å². The molecule has 1 amide bonds. The number of anilines is 1. The predicted molar refractivity (Wildman–Crippen MR) is 102 cm³/mol. The van der Waals surface area contributed by atoms with Crippen LogP contribution < -0.4 is 10.1 Å². The van der Waals surface area contributed by atoms with Crippen LogP contribution in [-0.4, -0.2) is 39.3 Å². The molecule has 1 aromatic carbocycles. The first kappa shape index (κ1) is 20.5. The van der Waals surface area contributed by atoms with Gasteiger partial charge in [-0.05, 0) is 54.9 Å². The molecule has 0 saturated carbocycles. The first-order valence-electron chi connectivity index (χ1n) is 7.85. The summed E-state index contributed by atoms with van der Waals surface area (Å²) in [6, 6.07) is 4.50. The van der Waals surface area contributed by atoms with Gasteiger partial charge in [-0.3, -0.25) is 4.79 Å². The van der Waals surface area contributed by atoms with Crippen LogP contribution in [0.2, 0.25) is 0 Å². The van der Waals surface area contributed by atoms with E-state index in [0.717, 1.165) is 4.31 Å². The van der Waals surface area contributed by atoms with Crippen molar-refractivity contribution < 1.29 is 22.4 Å². The third kappa shape index (κ3) is 3.94.